The molecule has 1 atom stereocenters. The summed E-state index contributed by atoms with van der Waals surface area (Å²) in [6.45, 7) is 2.39. The summed E-state index contributed by atoms with van der Waals surface area (Å²) in [4.78, 5) is 42.3. The molecule has 176 valence electrons. The van der Waals surface area contributed by atoms with Crippen molar-refractivity contribution in [1.29, 1.82) is 0 Å². The molecule has 0 spiro atoms. The van der Waals surface area contributed by atoms with Crippen LogP contribution in [0.4, 0.5) is 0 Å². The van der Waals surface area contributed by atoms with Gasteiger partial charge in [0.15, 0.2) is 0 Å². The highest BCUT2D eigenvalue weighted by Crippen LogP contribution is 2.33. The normalized spacial score (nSPS) is 13.2. The molecule has 0 saturated carbocycles. The number of rotatable bonds is 17. The van der Waals surface area contributed by atoms with Crippen molar-refractivity contribution in [2.24, 2.45) is 0 Å². The van der Waals surface area contributed by atoms with E-state index < -0.39 is 27.8 Å². The molecule has 0 saturated heterocycles. The first kappa shape index (κ1) is 35.6. The van der Waals surface area contributed by atoms with Gasteiger partial charge in [0.05, 0.1) is 6.29 Å². The minimum absolute atomic E-state index is 0. The van der Waals surface area contributed by atoms with Crippen LogP contribution in [0.15, 0.2) is 0 Å². The molecule has 13 N–H and O–H groups in total. The van der Waals surface area contributed by atoms with Crippen molar-refractivity contribution >= 4 is 15.2 Å². The van der Waals surface area contributed by atoms with Gasteiger partial charge in [-0.3, -0.25) is 4.90 Å². The second kappa shape index (κ2) is 20.4. The van der Waals surface area contributed by atoms with Gasteiger partial charge in [0.1, 0.15) is 7.60 Å². The second-order valence-corrected chi connectivity index (χ2v) is 9.88. The lowest BCUT2D eigenvalue weighted by atomic mass is 10.1. The Kier molecular flexibility index (Phi) is 25.9. The van der Waals surface area contributed by atoms with Gasteiger partial charge in [-0.25, -0.2) is 0 Å². The van der Waals surface area contributed by atoms with Crippen LogP contribution in [0.25, 0.3) is 0 Å². The molecule has 0 heterocycles. The fourth-order valence-electron chi connectivity index (χ4n) is 2.86. The summed E-state index contributed by atoms with van der Waals surface area (Å²) < 4.78 is 21.7. The van der Waals surface area contributed by atoms with Crippen molar-refractivity contribution in [3.8, 4) is 0 Å². The third-order valence-electron chi connectivity index (χ3n) is 4.08. The molecular formula is C16H46N4O6P2. The quantitative estimate of drug-likeness (QED) is 0.189. The Morgan fingerprint density at radius 2 is 1.04 bits per heavy atom. The fourth-order valence-corrected chi connectivity index (χ4v) is 4.50. The average Bonchev–Trinajstić information content (AvgIpc) is 2.45. The van der Waals surface area contributed by atoms with Gasteiger partial charge in [-0.05, 0) is 13.0 Å². The van der Waals surface area contributed by atoms with Crippen LogP contribution in [0.5, 0.6) is 0 Å². The van der Waals surface area contributed by atoms with Gasteiger partial charge in [0.2, 0.25) is 0 Å². The summed E-state index contributed by atoms with van der Waals surface area (Å²) in [5.74, 6) is 0. The lowest BCUT2D eigenvalue weighted by molar-refractivity contribution is -0.315. The molecular weight excluding hydrogens is 406 g/mol. The minimum Gasteiger partial charge on any atom is -0.810 e. The van der Waals surface area contributed by atoms with E-state index in [2.05, 4.69) is 6.92 Å². The zero-order chi connectivity index (χ0) is 19.2. The number of hydrogen-bond acceptors (Lipinski definition) is 6. The summed E-state index contributed by atoms with van der Waals surface area (Å²) in [5, 5.41) is 0. The van der Waals surface area contributed by atoms with Crippen molar-refractivity contribution in [2.45, 2.75) is 84.0 Å². The monoisotopic (exact) mass is 452 g/mol. The first-order chi connectivity index (χ1) is 11.6. The van der Waals surface area contributed by atoms with Crippen LogP contribution in [-0.2, 0) is 9.13 Å². The highest BCUT2D eigenvalue weighted by atomic mass is 31.2. The van der Waals surface area contributed by atoms with Crippen molar-refractivity contribution in [1.82, 2.24) is 23.4 Å². The van der Waals surface area contributed by atoms with Crippen molar-refractivity contribution in [2.75, 3.05) is 19.1 Å². The van der Waals surface area contributed by atoms with Crippen LogP contribution >= 0.6 is 15.2 Å². The molecule has 0 bridgehead atoms. The zero-order valence-electron chi connectivity index (χ0n) is 18.4. The van der Waals surface area contributed by atoms with Gasteiger partial charge >= 0.3 is 0 Å². The van der Waals surface area contributed by atoms with E-state index in [1.807, 2.05) is 0 Å². The summed E-state index contributed by atoms with van der Waals surface area (Å²) in [5.41, 5.74) is 0. The van der Waals surface area contributed by atoms with E-state index in [0.29, 0.717) is 6.42 Å². The molecule has 0 aromatic carbocycles. The van der Waals surface area contributed by atoms with Crippen LogP contribution in [-0.4, -0.2) is 28.9 Å². The standard InChI is InChI=1S/C16H37NO6P2.3H3N/c1-2-3-4-5-6-7-8-9-10-11-12-13-14-17(15-24(18,19)20)16-25(21,22)23;;;/h2-16H2,1H3,(H2,18,19,20)(H2,21,22,23);3*1H3. The third kappa shape index (κ3) is 28.4. The predicted octanol–water partition coefficient (Wildman–Crippen LogP) is 3.49. The maximum atomic E-state index is 10.9. The Morgan fingerprint density at radius 1 is 0.679 bits per heavy atom. The van der Waals surface area contributed by atoms with Crippen LogP contribution in [0.3, 0.4) is 0 Å². The topological polar surface area (TPSA) is 236 Å². The summed E-state index contributed by atoms with van der Waals surface area (Å²) in [6.07, 6.45) is 12.1. The molecule has 0 radical (unpaired) electrons. The molecule has 0 aromatic heterocycles. The lowest BCUT2D eigenvalue weighted by Gasteiger charge is -2.37. The Labute approximate surface area is 170 Å². The second-order valence-electron chi connectivity index (χ2n) is 6.81. The van der Waals surface area contributed by atoms with E-state index >= 15 is 0 Å². The average molecular weight is 453 g/mol. The maximum absolute atomic E-state index is 10.9. The Bertz CT molecular complexity index is 396. The van der Waals surface area contributed by atoms with Gasteiger partial charge in [0, 0.05) is 6.29 Å². The highest BCUT2D eigenvalue weighted by molar-refractivity contribution is 7.50. The van der Waals surface area contributed by atoms with Gasteiger partial charge in [-0.15, -0.1) is 0 Å². The number of unbranched alkanes of at least 4 members (excludes halogenated alkanes) is 11. The first-order valence-electron chi connectivity index (χ1n) is 9.40. The Morgan fingerprint density at radius 3 is 1.36 bits per heavy atom. The van der Waals surface area contributed by atoms with E-state index in [4.69, 9.17) is 4.89 Å². The minimum atomic E-state index is -4.84. The van der Waals surface area contributed by atoms with Crippen LogP contribution in [0, 0.1) is 0 Å². The van der Waals surface area contributed by atoms with Gasteiger partial charge in [-0.1, -0.05) is 85.1 Å². The molecule has 0 amide bonds. The molecule has 10 nitrogen and oxygen atoms in total. The van der Waals surface area contributed by atoms with Gasteiger partial charge in [-0.2, -0.15) is 0 Å². The molecule has 28 heavy (non-hydrogen) atoms. The molecule has 1 unspecified atom stereocenters. The van der Waals surface area contributed by atoms with Gasteiger partial charge < -0.3 is 47.2 Å². The molecule has 0 rings (SSSR count). The van der Waals surface area contributed by atoms with Crippen LogP contribution in [0.2, 0.25) is 0 Å². The Hall–Kier alpha value is 0.140. The predicted molar refractivity (Wildman–Crippen MR) is 113 cm³/mol. The molecule has 0 aromatic rings. The maximum Gasteiger partial charge on any atom is 0.146 e. The number of hydrogen-bond donors (Lipinski definition) is 4. The smallest absolute Gasteiger partial charge is 0.146 e. The summed E-state index contributed by atoms with van der Waals surface area (Å²) in [7, 11) is -9.45. The fraction of sp³-hybridized carbons (Fsp3) is 1.00. The first-order valence-corrected chi connectivity index (χ1v) is 12.9. The SMILES string of the molecule is CCCCCCCCCCCCCCN(CP(=O)([O-])[O-])CP(=O)([O-])O.[NH4+].[NH4+].[NH4+]. The third-order valence-corrected chi connectivity index (χ3v) is 5.58. The lowest BCUT2D eigenvalue weighted by Crippen LogP contribution is -2.34. The van der Waals surface area contributed by atoms with Crippen LogP contribution in [0.1, 0.15) is 84.0 Å². The van der Waals surface area contributed by atoms with Crippen molar-refractivity contribution in [3.63, 3.8) is 0 Å². The molecule has 0 fully saturated rings. The van der Waals surface area contributed by atoms with Gasteiger partial charge in [0.25, 0.3) is 0 Å². The molecule has 12 heteroatoms. The van der Waals surface area contributed by atoms with E-state index in [1.165, 1.54) is 51.4 Å². The molecule has 0 aliphatic carbocycles. The van der Waals surface area contributed by atoms with E-state index in [1.54, 1.807) is 0 Å². The van der Waals surface area contributed by atoms with Crippen molar-refractivity contribution in [3.05, 3.63) is 0 Å². The van der Waals surface area contributed by atoms with E-state index in [0.717, 1.165) is 24.2 Å². The zero-order valence-corrected chi connectivity index (χ0v) is 20.2. The van der Waals surface area contributed by atoms with E-state index in [9.17, 15) is 23.8 Å². The number of quaternary nitrogens is 3. The summed E-state index contributed by atoms with van der Waals surface area (Å²) >= 11 is 0. The van der Waals surface area contributed by atoms with Crippen molar-refractivity contribution < 1.29 is 28.7 Å². The van der Waals surface area contributed by atoms with E-state index in [-0.39, 0.29) is 25.0 Å². The number of nitrogens with zero attached hydrogens (tertiary/aromatic N) is 1. The highest BCUT2D eigenvalue weighted by Gasteiger charge is 2.12. The summed E-state index contributed by atoms with van der Waals surface area (Å²) in [6, 6.07) is 0. The molecule has 0 aliphatic rings. The largest absolute Gasteiger partial charge is 0.810 e. The Balaban J connectivity index is -0.000000960. The van der Waals surface area contributed by atoms with Crippen LogP contribution < -0.4 is 33.1 Å². The molecule has 0 aliphatic heterocycles.